The van der Waals surface area contributed by atoms with Crippen molar-refractivity contribution in [3.63, 3.8) is 0 Å². The summed E-state index contributed by atoms with van der Waals surface area (Å²) in [6.07, 6.45) is 0. The number of hydrogen-bond acceptors (Lipinski definition) is 3. The van der Waals surface area contributed by atoms with Crippen molar-refractivity contribution in [2.24, 2.45) is 0 Å². The van der Waals surface area contributed by atoms with Crippen molar-refractivity contribution in [3.05, 3.63) is 53.1 Å². The smallest absolute Gasteiger partial charge is 0.288 e. The van der Waals surface area contributed by atoms with Crippen LogP contribution >= 0.6 is 23.4 Å². The van der Waals surface area contributed by atoms with E-state index in [9.17, 15) is 13.6 Å². The molecule has 0 atom stereocenters. The number of anilines is 1. The van der Waals surface area contributed by atoms with Gasteiger partial charge in [-0.3, -0.25) is 4.79 Å². The van der Waals surface area contributed by atoms with E-state index in [4.69, 9.17) is 16.3 Å². The fourth-order valence-corrected chi connectivity index (χ4v) is 2.52. The third-order valence-corrected chi connectivity index (χ3v) is 4.09. The summed E-state index contributed by atoms with van der Waals surface area (Å²) >= 11 is 6.29. The zero-order chi connectivity index (χ0) is 16.8. The van der Waals surface area contributed by atoms with E-state index in [0.717, 1.165) is 5.56 Å². The maximum Gasteiger partial charge on any atom is 0.288 e. The number of rotatable bonds is 6. The second-order valence-corrected chi connectivity index (χ2v) is 6.06. The van der Waals surface area contributed by atoms with Gasteiger partial charge in [-0.25, -0.2) is 0 Å². The lowest BCUT2D eigenvalue weighted by molar-refractivity contribution is -0.118. The molecule has 2 aromatic rings. The van der Waals surface area contributed by atoms with E-state index in [-0.39, 0.29) is 6.61 Å². The van der Waals surface area contributed by atoms with Gasteiger partial charge in [0.2, 0.25) is 0 Å². The molecule has 1 N–H and O–H groups in total. The van der Waals surface area contributed by atoms with Gasteiger partial charge in [0, 0.05) is 9.92 Å². The number of carbonyl (C=O) groups excluding carboxylic acids is 1. The van der Waals surface area contributed by atoms with Gasteiger partial charge in [-0.1, -0.05) is 35.5 Å². The predicted octanol–water partition coefficient (Wildman–Crippen LogP) is 4.98. The highest BCUT2D eigenvalue weighted by molar-refractivity contribution is 7.99. The quantitative estimate of drug-likeness (QED) is 0.741. The van der Waals surface area contributed by atoms with E-state index >= 15 is 0 Å². The molecule has 0 radical (unpaired) electrons. The van der Waals surface area contributed by atoms with Crippen molar-refractivity contribution in [1.29, 1.82) is 0 Å². The molecule has 0 aliphatic rings. The van der Waals surface area contributed by atoms with Gasteiger partial charge in [0.05, 0.1) is 5.69 Å². The van der Waals surface area contributed by atoms with Gasteiger partial charge in [0.1, 0.15) is 5.75 Å². The normalized spacial score (nSPS) is 10.7. The molecule has 0 saturated heterocycles. The fraction of sp³-hybridized carbons (Fsp3) is 0.188. The van der Waals surface area contributed by atoms with Gasteiger partial charge in [-0.2, -0.15) is 8.78 Å². The highest BCUT2D eigenvalue weighted by atomic mass is 35.5. The first-order valence-electron chi connectivity index (χ1n) is 6.68. The van der Waals surface area contributed by atoms with Crippen LogP contribution in [0.1, 0.15) is 5.56 Å². The highest BCUT2D eigenvalue weighted by Crippen LogP contribution is 2.31. The van der Waals surface area contributed by atoms with Crippen LogP contribution in [0.25, 0.3) is 0 Å². The Hall–Kier alpha value is -1.79. The van der Waals surface area contributed by atoms with Crippen LogP contribution in [0.3, 0.4) is 0 Å². The lowest BCUT2D eigenvalue weighted by Crippen LogP contribution is -2.20. The van der Waals surface area contributed by atoms with Gasteiger partial charge in [0.25, 0.3) is 11.7 Å². The molecule has 0 bridgehead atoms. The maximum absolute atomic E-state index is 12.5. The first-order chi connectivity index (χ1) is 11.0. The number of para-hydroxylation sites is 1. The largest absolute Gasteiger partial charge is 0.484 e. The van der Waals surface area contributed by atoms with Crippen LogP contribution in [0.15, 0.2) is 47.4 Å². The molecule has 122 valence electrons. The number of nitrogens with one attached hydrogen (secondary N) is 1. The Morgan fingerprint density at radius 1 is 1.30 bits per heavy atom. The average molecular weight is 358 g/mol. The Labute approximate surface area is 142 Å². The van der Waals surface area contributed by atoms with Gasteiger partial charge in [-0.05, 0) is 42.8 Å². The van der Waals surface area contributed by atoms with E-state index in [0.29, 0.717) is 33.1 Å². The Morgan fingerprint density at radius 2 is 2.04 bits per heavy atom. The van der Waals surface area contributed by atoms with Gasteiger partial charge >= 0.3 is 0 Å². The Bertz CT molecular complexity index is 698. The van der Waals surface area contributed by atoms with Crippen molar-refractivity contribution in [2.75, 3.05) is 11.9 Å². The molecule has 0 aromatic heterocycles. The van der Waals surface area contributed by atoms with Gasteiger partial charge in [0.15, 0.2) is 6.61 Å². The molecular weight excluding hydrogens is 344 g/mol. The molecule has 3 nitrogen and oxygen atoms in total. The van der Waals surface area contributed by atoms with Crippen LogP contribution in [-0.2, 0) is 4.79 Å². The third kappa shape index (κ3) is 5.41. The number of carbonyl (C=O) groups is 1. The second-order valence-electron chi connectivity index (χ2n) is 4.62. The number of amides is 1. The molecule has 23 heavy (non-hydrogen) atoms. The van der Waals surface area contributed by atoms with E-state index < -0.39 is 11.7 Å². The number of halogens is 3. The monoisotopic (exact) mass is 357 g/mol. The summed E-state index contributed by atoms with van der Waals surface area (Å²) in [5.41, 5.74) is 1.17. The van der Waals surface area contributed by atoms with Gasteiger partial charge in [-0.15, -0.1) is 0 Å². The molecule has 0 aliphatic carbocycles. The average Bonchev–Trinajstić information content (AvgIpc) is 2.50. The Balaban J connectivity index is 1.96. The minimum atomic E-state index is -2.55. The summed E-state index contributed by atoms with van der Waals surface area (Å²) in [6, 6.07) is 11.4. The summed E-state index contributed by atoms with van der Waals surface area (Å²) in [5.74, 6) is -2.47. The first-order valence-corrected chi connectivity index (χ1v) is 7.94. The Morgan fingerprint density at radius 3 is 2.74 bits per heavy atom. The summed E-state index contributed by atoms with van der Waals surface area (Å²) in [4.78, 5) is 12.2. The van der Waals surface area contributed by atoms with Crippen LogP contribution in [0.2, 0.25) is 5.02 Å². The molecule has 0 aliphatic heterocycles. The van der Waals surface area contributed by atoms with Crippen molar-refractivity contribution in [2.45, 2.75) is 17.6 Å². The van der Waals surface area contributed by atoms with E-state index in [1.54, 1.807) is 36.4 Å². The standard InChI is InChI=1S/C16H14ClF2NO2S/c1-10-8-11(6-7-12(10)17)22-9-15(21)20-13-4-2-3-5-14(13)23-16(18)19/h2-8,16H,9H2,1H3,(H,20,21). The topological polar surface area (TPSA) is 38.3 Å². The number of hydrogen-bond donors (Lipinski definition) is 1. The van der Waals surface area contributed by atoms with Crippen LogP contribution in [-0.4, -0.2) is 18.3 Å². The molecule has 2 rings (SSSR count). The summed E-state index contributed by atoms with van der Waals surface area (Å²) in [6.45, 7) is 1.60. The second kappa shape index (κ2) is 8.17. The summed E-state index contributed by atoms with van der Waals surface area (Å²) < 4.78 is 30.4. The van der Waals surface area contributed by atoms with Gasteiger partial charge < -0.3 is 10.1 Å². The minimum Gasteiger partial charge on any atom is -0.484 e. The zero-order valence-corrected chi connectivity index (χ0v) is 13.8. The molecule has 2 aromatic carbocycles. The van der Waals surface area contributed by atoms with Crippen LogP contribution in [0, 0.1) is 6.92 Å². The first kappa shape index (κ1) is 17.6. The van der Waals surface area contributed by atoms with Crippen molar-refractivity contribution >= 4 is 35.0 Å². The van der Waals surface area contributed by atoms with Crippen molar-refractivity contribution in [1.82, 2.24) is 0 Å². The maximum atomic E-state index is 12.5. The number of ether oxygens (including phenoxy) is 1. The number of benzene rings is 2. The Kier molecular flexibility index (Phi) is 6.24. The minimum absolute atomic E-state index is 0.227. The van der Waals surface area contributed by atoms with E-state index in [2.05, 4.69) is 5.32 Å². The number of thioether (sulfide) groups is 1. The SMILES string of the molecule is Cc1cc(OCC(=O)Nc2ccccc2SC(F)F)ccc1Cl. The number of aryl methyl sites for hydroxylation is 1. The van der Waals surface area contributed by atoms with Crippen LogP contribution < -0.4 is 10.1 Å². The predicted molar refractivity (Wildman–Crippen MR) is 88.6 cm³/mol. The lowest BCUT2D eigenvalue weighted by atomic mass is 10.2. The molecule has 0 fully saturated rings. The fourth-order valence-electron chi connectivity index (χ4n) is 1.81. The highest BCUT2D eigenvalue weighted by Gasteiger charge is 2.12. The van der Waals surface area contributed by atoms with E-state index in [1.165, 1.54) is 6.07 Å². The van der Waals surface area contributed by atoms with Crippen molar-refractivity contribution < 1.29 is 18.3 Å². The molecule has 7 heteroatoms. The number of alkyl halides is 2. The molecular formula is C16H14ClF2NO2S. The van der Waals surface area contributed by atoms with Crippen molar-refractivity contribution in [3.8, 4) is 5.75 Å². The molecule has 1 amide bonds. The van der Waals surface area contributed by atoms with E-state index in [1.807, 2.05) is 6.92 Å². The lowest BCUT2D eigenvalue weighted by Gasteiger charge is -2.11. The molecule has 0 spiro atoms. The van der Waals surface area contributed by atoms with Crippen LogP contribution in [0.5, 0.6) is 5.75 Å². The third-order valence-electron chi connectivity index (χ3n) is 2.88. The van der Waals surface area contributed by atoms with Crippen LogP contribution in [0.4, 0.5) is 14.5 Å². The molecule has 0 unspecified atom stereocenters. The summed E-state index contributed by atoms with van der Waals surface area (Å²) in [5, 5.41) is 3.18. The summed E-state index contributed by atoms with van der Waals surface area (Å²) in [7, 11) is 0. The zero-order valence-electron chi connectivity index (χ0n) is 12.2. The molecule has 0 saturated carbocycles. The molecule has 0 heterocycles.